The van der Waals surface area contributed by atoms with Crippen molar-refractivity contribution in [3.63, 3.8) is 0 Å². The van der Waals surface area contributed by atoms with Crippen LogP contribution >= 0.6 is 0 Å². The zero-order chi connectivity index (χ0) is 14.6. The van der Waals surface area contributed by atoms with E-state index in [1.807, 2.05) is 20.9 Å². The van der Waals surface area contributed by atoms with E-state index in [0.29, 0.717) is 12.2 Å². The molecule has 1 N–H and O–H groups in total. The van der Waals surface area contributed by atoms with E-state index in [9.17, 15) is 0 Å². The van der Waals surface area contributed by atoms with Crippen molar-refractivity contribution in [2.24, 2.45) is 0 Å². The molecule has 2 unspecified atom stereocenters. The summed E-state index contributed by atoms with van der Waals surface area (Å²) in [6.45, 7) is 11.1. The Bertz CT molecular complexity index is 219. The number of rotatable bonds is 12. The Hall–Kier alpha value is -0.200. The summed E-state index contributed by atoms with van der Waals surface area (Å²) in [5, 5.41) is 3.19. The molecule has 1 aliphatic heterocycles. The number of nitrogens with zero attached hydrogens (tertiary/aromatic N) is 1. The summed E-state index contributed by atoms with van der Waals surface area (Å²) in [5.74, 6) is 0. The van der Waals surface area contributed by atoms with Gasteiger partial charge in [0.15, 0.2) is 0 Å². The van der Waals surface area contributed by atoms with Crippen molar-refractivity contribution in [2.45, 2.75) is 38.9 Å². The fraction of sp³-hybridized carbons (Fsp3) is 1.00. The summed E-state index contributed by atoms with van der Waals surface area (Å²) in [6, 6.07) is 0. The first-order valence-corrected chi connectivity index (χ1v) is 7.98. The van der Waals surface area contributed by atoms with E-state index < -0.39 is 0 Å². The molecule has 0 radical (unpaired) electrons. The van der Waals surface area contributed by atoms with Crippen LogP contribution in [-0.4, -0.2) is 76.8 Å². The highest BCUT2D eigenvalue weighted by Crippen LogP contribution is 2.20. The van der Waals surface area contributed by atoms with Crippen molar-refractivity contribution in [3.8, 4) is 0 Å². The van der Waals surface area contributed by atoms with Gasteiger partial charge in [-0.3, -0.25) is 4.90 Å². The van der Waals surface area contributed by atoms with Gasteiger partial charge in [-0.15, -0.1) is 0 Å². The van der Waals surface area contributed by atoms with Crippen molar-refractivity contribution in [2.75, 3.05) is 59.7 Å². The molecule has 2 atom stereocenters. The maximum absolute atomic E-state index is 6.06. The van der Waals surface area contributed by atoms with Crippen LogP contribution in [0.15, 0.2) is 0 Å². The molecule has 120 valence electrons. The number of hydrogen-bond acceptors (Lipinski definition) is 5. The predicted octanol–water partition coefficient (Wildman–Crippen LogP) is 1.13. The Morgan fingerprint density at radius 1 is 1.05 bits per heavy atom. The van der Waals surface area contributed by atoms with Gasteiger partial charge in [0.2, 0.25) is 0 Å². The highest BCUT2D eigenvalue weighted by Gasteiger charge is 2.26. The second kappa shape index (κ2) is 11.5. The molecule has 0 aromatic carbocycles. The Labute approximate surface area is 123 Å². The number of nitrogens with one attached hydrogen (secondary N) is 1. The molecule has 5 nitrogen and oxygen atoms in total. The van der Waals surface area contributed by atoms with E-state index in [4.69, 9.17) is 14.2 Å². The molecule has 0 spiro atoms. The molecule has 1 aliphatic rings. The summed E-state index contributed by atoms with van der Waals surface area (Å²) in [4.78, 5) is 2.40. The third kappa shape index (κ3) is 7.55. The van der Waals surface area contributed by atoms with Gasteiger partial charge in [-0.25, -0.2) is 0 Å². The first kappa shape index (κ1) is 17.9. The van der Waals surface area contributed by atoms with E-state index in [2.05, 4.69) is 10.2 Å². The van der Waals surface area contributed by atoms with E-state index in [1.165, 1.54) is 0 Å². The molecule has 1 fully saturated rings. The monoisotopic (exact) mass is 288 g/mol. The maximum atomic E-state index is 6.06. The van der Waals surface area contributed by atoms with Gasteiger partial charge in [-0.1, -0.05) is 0 Å². The Balaban J connectivity index is 2.27. The standard InChI is InChI=1S/C15H32N2O3/c1-4-18-10-8-17(9-11-19-5-2)13-15-7-6-14(20-15)12-16-3/h14-16H,4-13H2,1-3H3. The largest absolute Gasteiger partial charge is 0.380 e. The minimum Gasteiger partial charge on any atom is -0.380 e. The second-order valence-electron chi connectivity index (χ2n) is 5.21. The van der Waals surface area contributed by atoms with Gasteiger partial charge in [0.1, 0.15) is 0 Å². The van der Waals surface area contributed by atoms with Crippen molar-refractivity contribution < 1.29 is 14.2 Å². The smallest absolute Gasteiger partial charge is 0.0707 e. The predicted molar refractivity (Wildman–Crippen MR) is 81.2 cm³/mol. The van der Waals surface area contributed by atoms with Crippen molar-refractivity contribution >= 4 is 0 Å². The van der Waals surface area contributed by atoms with E-state index in [-0.39, 0.29) is 0 Å². The SMILES string of the molecule is CCOCCN(CCOCC)CC1CCC(CNC)O1. The molecule has 0 aliphatic carbocycles. The molecule has 0 saturated carbocycles. The van der Waals surface area contributed by atoms with Crippen LogP contribution in [0.4, 0.5) is 0 Å². The van der Waals surface area contributed by atoms with Gasteiger partial charge in [0.25, 0.3) is 0 Å². The van der Waals surface area contributed by atoms with Crippen molar-refractivity contribution in [1.82, 2.24) is 10.2 Å². The zero-order valence-corrected chi connectivity index (χ0v) is 13.4. The summed E-state index contributed by atoms with van der Waals surface area (Å²) in [5.41, 5.74) is 0. The highest BCUT2D eigenvalue weighted by molar-refractivity contribution is 4.77. The van der Waals surface area contributed by atoms with Gasteiger partial charge < -0.3 is 19.5 Å². The van der Waals surface area contributed by atoms with E-state index in [1.54, 1.807) is 0 Å². The van der Waals surface area contributed by atoms with Crippen molar-refractivity contribution in [1.29, 1.82) is 0 Å². The molecule has 1 heterocycles. The van der Waals surface area contributed by atoms with Gasteiger partial charge in [-0.05, 0) is 33.7 Å². The normalized spacial score (nSPS) is 22.8. The van der Waals surface area contributed by atoms with Crippen LogP contribution in [0.25, 0.3) is 0 Å². The zero-order valence-electron chi connectivity index (χ0n) is 13.4. The number of hydrogen-bond donors (Lipinski definition) is 1. The fourth-order valence-electron chi connectivity index (χ4n) is 2.55. The molecule has 1 rings (SSSR count). The molecule has 5 heteroatoms. The number of ether oxygens (including phenoxy) is 3. The first-order chi connectivity index (χ1) is 9.80. The molecule has 1 saturated heterocycles. The lowest BCUT2D eigenvalue weighted by Crippen LogP contribution is -2.38. The maximum Gasteiger partial charge on any atom is 0.0707 e. The summed E-state index contributed by atoms with van der Waals surface area (Å²) in [7, 11) is 1.98. The number of likely N-dealkylation sites (N-methyl/N-ethyl adjacent to an activating group) is 1. The highest BCUT2D eigenvalue weighted by atomic mass is 16.5. The molecule has 0 amide bonds. The first-order valence-electron chi connectivity index (χ1n) is 7.98. The van der Waals surface area contributed by atoms with Crippen LogP contribution < -0.4 is 5.32 Å². The summed E-state index contributed by atoms with van der Waals surface area (Å²) < 4.78 is 17.0. The average molecular weight is 288 g/mol. The minimum atomic E-state index is 0.358. The van der Waals surface area contributed by atoms with Crippen LogP contribution in [0.5, 0.6) is 0 Å². The van der Waals surface area contributed by atoms with Crippen LogP contribution in [0.3, 0.4) is 0 Å². The van der Waals surface area contributed by atoms with Gasteiger partial charge in [0, 0.05) is 39.4 Å². The van der Waals surface area contributed by atoms with Crippen LogP contribution in [0.2, 0.25) is 0 Å². The molecular weight excluding hydrogens is 256 g/mol. The van der Waals surface area contributed by atoms with Crippen molar-refractivity contribution in [3.05, 3.63) is 0 Å². The molecule has 20 heavy (non-hydrogen) atoms. The van der Waals surface area contributed by atoms with Gasteiger partial charge in [-0.2, -0.15) is 0 Å². The quantitative estimate of drug-likeness (QED) is 0.545. The molecular formula is C15H32N2O3. The van der Waals surface area contributed by atoms with Crippen LogP contribution in [0.1, 0.15) is 26.7 Å². The fourth-order valence-corrected chi connectivity index (χ4v) is 2.55. The molecule has 0 aromatic rings. The Morgan fingerprint density at radius 3 is 2.20 bits per heavy atom. The lowest BCUT2D eigenvalue weighted by atomic mass is 10.2. The third-order valence-electron chi connectivity index (χ3n) is 3.60. The van der Waals surface area contributed by atoms with E-state index >= 15 is 0 Å². The van der Waals surface area contributed by atoms with Gasteiger partial charge in [0.05, 0.1) is 25.4 Å². The molecule has 0 aromatic heterocycles. The topological polar surface area (TPSA) is 43.0 Å². The Morgan fingerprint density at radius 2 is 1.65 bits per heavy atom. The van der Waals surface area contributed by atoms with E-state index in [0.717, 1.165) is 65.4 Å². The summed E-state index contributed by atoms with van der Waals surface area (Å²) in [6.07, 6.45) is 3.06. The van der Waals surface area contributed by atoms with Crippen LogP contribution in [-0.2, 0) is 14.2 Å². The second-order valence-corrected chi connectivity index (χ2v) is 5.21. The van der Waals surface area contributed by atoms with Gasteiger partial charge >= 0.3 is 0 Å². The summed E-state index contributed by atoms with van der Waals surface area (Å²) >= 11 is 0. The van der Waals surface area contributed by atoms with Crippen LogP contribution in [0, 0.1) is 0 Å². The average Bonchev–Trinajstić information content (AvgIpc) is 2.87. The lowest BCUT2D eigenvalue weighted by molar-refractivity contribution is 0.0101. The Kier molecular flexibility index (Phi) is 10.2. The third-order valence-corrected chi connectivity index (χ3v) is 3.60. The lowest BCUT2D eigenvalue weighted by Gasteiger charge is -2.25. The minimum absolute atomic E-state index is 0.358. The molecule has 0 bridgehead atoms.